The van der Waals surface area contributed by atoms with Gasteiger partial charge in [0.1, 0.15) is 18.5 Å². The molecule has 3 rings (SSSR count). The van der Waals surface area contributed by atoms with Crippen molar-refractivity contribution >= 4 is 27.4 Å². The van der Waals surface area contributed by atoms with Crippen molar-refractivity contribution in [3.8, 4) is 16.2 Å². The smallest absolute Gasteiger partial charge is 0.330 e. The van der Waals surface area contributed by atoms with E-state index in [1.807, 2.05) is 18.2 Å². The first-order valence-corrected chi connectivity index (χ1v) is 12.3. The van der Waals surface area contributed by atoms with Crippen LogP contribution in [0, 0.1) is 6.92 Å². The number of hydrogen-bond acceptors (Lipinski definition) is 8. The van der Waals surface area contributed by atoms with Crippen LogP contribution in [0.25, 0.3) is 20.5 Å². The second kappa shape index (κ2) is 12.8. The fraction of sp³-hybridized carbons (Fsp3) is 0.370. The van der Waals surface area contributed by atoms with Crippen molar-refractivity contribution in [2.24, 2.45) is 0 Å². The van der Waals surface area contributed by atoms with Gasteiger partial charge in [0.2, 0.25) is 0 Å². The van der Waals surface area contributed by atoms with E-state index < -0.39 is 30.4 Å². The lowest BCUT2D eigenvalue weighted by Crippen LogP contribution is -2.38. The molecule has 2 aromatic carbocycles. The van der Waals surface area contributed by atoms with E-state index in [9.17, 15) is 25.2 Å². The molecule has 0 spiro atoms. The van der Waals surface area contributed by atoms with Gasteiger partial charge in [-0.05, 0) is 55.0 Å². The standard InChI is InChI=1S/C27H32O7S/c1-3-27(32)33-12-4-5-21(28)22(29)15-23(30)24(31)16-34-20-11-10-19-13-25(35-26(19)14-20)18-8-6-17(2)7-9-18/h3,6-11,13-14,21-24,28-31H,1,4-5,12,15-16H2,2H3. The van der Waals surface area contributed by atoms with Gasteiger partial charge >= 0.3 is 5.97 Å². The van der Waals surface area contributed by atoms with Gasteiger partial charge in [0.15, 0.2) is 0 Å². The number of fused-ring (bicyclic) bond motifs is 1. The number of hydrogen-bond donors (Lipinski definition) is 4. The molecule has 0 bridgehead atoms. The Hall–Kier alpha value is -2.75. The topological polar surface area (TPSA) is 116 Å². The molecule has 0 amide bonds. The second-order valence-electron chi connectivity index (χ2n) is 8.51. The van der Waals surface area contributed by atoms with Crippen LogP contribution in [0.15, 0.2) is 61.2 Å². The summed E-state index contributed by atoms with van der Waals surface area (Å²) >= 11 is 1.65. The SMILES string of the molecule is C=CC(=O)OCCCC(O)C(O)CC(O)C(O)COc1ccc2cc(-c3ccc(C)cc3)sc2c1. The van der Waals surface area contributed by atoms with E-state index in [0.29, 0.717) is 12.2 Å². The Bertz CT molecular complexity index is 1110. The van der Waals surface area contributed by atoms with Gasteiger partial charge in [-0.1, -0.05) is 36.4 Å². The van der Waals surface area contributed by atoms with E-state index in [4.69, 9.17) is 9.47 Å². The second-order valence-corrected chi connectivity index (χ2v) is 9.59. The van der Waals surface area contributed by atoms with E-state index in [0.717, 1.165) is 26.6 Å². The van der Waals surface area contributed by atoms with Crippen molar-refractivity contribution in [1.82, 2.24) is 0 Å². The average Bonchev–Trinajstić information content (AvgIpc) is 3.28. The summed E-state index contributed by atoms with van der Waals surface area (Å²) in [5.41, 5.74) is 2.36. The molecule has 7 nitrogen and oxygen atoms in total. The maximum Gasteiger partial charge on any atom is 0.330 e. The van der Waals surface area contributed by atoms with Gasteiger partial charge in [-0.3, -0.25) is 0 Å². The first-order chi connectivity index (χ1) is 16.8. The Kier molecular flexibility index (Phi) is 9.83. The number of carbonyl (C=O) groups is 1. The number of aryl methyl sites for hydroxylation is 1. The normalized spacial score (nSPS) is 14.8. The van der Waals surface area contributed by atoms with E-state index in [2.05, 4.69) is 43.8 Å². The van der Waals surface area contributed by atoms with Gasteiger partial charge in [0, 0.05) is 22.1 Å². The third kappa shape index (κ3) is 7.88. The minimum absolute atomic E-state index is 0.0920. The largest absolute Gasteiger partial charge is 0.491 e. The Labute approximate surface area is 208 Å². The van der Waals surface area contributed by atoms with Crippen molar-refractivity contribution < 1.29 is 34.7 Å². The number of carbonyl (C=O) groups excluding carboxylic acids is 1. The predicted octanol–water partition coefficient (Wildman–Crippen LogP) is 3.60. The molecule has 0 saturated carbocycles. The van der Waals surface area contributed by atoms with Crippen LogP contribution in [0.3, 0.4) is 0 Å². The first kappa shape index (κ1) is 26.8. The van der Waals surface area contributed by atoms with Crippen LogP contribution in [0.5, 0.6) is 5.75 Å². The number of rotatable bonds is 13. The Morgan fingerprint density at radius 3 is 2.43 bits per heavy atom. The highest BCUT2D eigenvalue weighted by Crippen LogP contribution is 2.35. The van der Waals surface area contributed by atoms with Gasteiger partial charge in [0.05, 0.1) is 24.9 Å². The fourth-order valence-corrected chi connectivity index (χ4v) is 4.63. The highest BCUT2D eigenvalue weighted by molar-refractivity contribution is 7.22. The molecule has 35 heavy (non-hydrogen) atoms. The van der Waals surface area contributed by atoms with E-state index in [1.54, 1.807) is 11.3 Å². The zero-order valence-corrected chi connectivity index (χ0v) is 20.5. The van der Waals surface area contributed by atoms with Crippen LogP contribution in [0.2, 0.25) is 0 Å². The van der Waals surface area contributed by atoms with Crippen LogP contribution in [0.4, 0.5) is 0 Å². The molecule has 4 unspecified atom stereocenters. The van der Waals surface area contributed by atoms with Crippen molar-refractivity contribution in [2.75, 3.05) is 13.2 Å². The molecule has 1 heterocycles. The molecule has 188 valence electrons. The zero-order chi connectivity index (χ0) is 25.4. The molecule has 3 aromatic rings. The maximum absolute atomic E-state index is 11.0. The summed E-state index contributed by atoms with van der Waals surface area (Å²) in [4.78, 5) is 12.1. The molecular formula is C27H32O7S. The maximum atomic E-state index is 11.0. The summed E-state index contributed by atoms with van der Waals surface area (Å²) in [5.74, 6) is 0.0132. The van der Waals surface area contributed by atoms with Gasteiger partial charge < -0.3 is 29.9 Å². The molecule has 4 N–H and O–H groups in total. The summed E-state index contributed by atoms with van der Waals surface area (Å²) in [5, 5.41) is 41.8. The number of esters is 1. The van der Waals surface area contributed by atoms with Crippen molar-refractivity contribution in [3.63, 3.8) is 0 Å². The number of benzene rings is 2. The lowest BCUT2D eigenvalue weighted by molar-refractivity contribution is -0.138. The Morgan fingerprint density at radius 2 is 1.71 bits per heavy atom. The molecule has 0 aliphatic heterocycles. The van der Waals surface area contributed by atoms with Crippen LogP contribution < -0.4 is 4.74 Å². The van der Waals surface area contributed by atoms with Crippen molar-refractivity contribution in [3.05, 3.63) is 66.7 Å². The fourth-order valence-electron chi connectivity index (χ4n) is 3.53. The summed E-state index contributed by atoms with van der Waals surface area (Å²) < 4.78 is 11.5. The van der Waals surface area contributed by atoms with Gasteiger partial charge in [0.25, 0.3) is 0 Å². The highest BCUT2D eigenvalue weighted by atomic mass is 32.1. The minimum atomic E-state index is -1.28. The average molecular weight is 501 g/mol. The number of ether oxygens (including phenoxy) is 2. The van der Waals surface area contributed by atoms with Crippen LogP contribution >= 0.6 is 11.3 Å². The summed E-state index contributed by atoms with van der Waals surface area (Å²) in [6.45, 7) is 5.27. The van der Waals surface area contributed by atoms with Gasteiger partial charge in [-0.25, -0.2) is 4.79 Å². The van der Waals surface area contributed by atoms with Gasteiger partial charge in [-0.2, -0.15) is 0 Å². The lowest BCUT2D eigenvalue weighted by Gasteiger charge is -2.23. The predicted molar refractivity (Wildman–Crippen MR) is 137 cm³/mol. The molecule has 0 fully saturated rings. The number of aliphatic hydroxyl groups is 4. The zero-order valence-electron chi connectivity index (χ0n) is 19.7. The molecule has 0 aliphatic carbocycles. The van der Waals surface area contributed by atoms with E-state index in [1.165, 1.54) is 5.56 Å². The quantitative estimate of drug-likeness (QED) is 0.161. The molecular weight excluding hydrogens is 468 g/mol. The molecule has 0 aliphatic rings. The molecule has 0 radical (unpaired) electrons. The molecule has 1 aromatic heterocycles. The Balaban J connectivity index is 1.47. The third-order valence-electron chi connectivity index (χ3n) is 5.67. The Morgan fingerprint density at radius 1 is 1.00 bits per heavy atom. The first-order valence-electron chi connectivity index (χ1n) is 11.5. The number of thiophene rings is 1. The van der Waals surface area contributed by atoms with Gasteiger partial charge in [-0.15, -0.1) is 11.3 Å². The van der Waals surface area contributed by atoms with Crippen LogP contribution in [-0.4, -0.2) is 64.0 Å². The molecule has 8 heteroatoms. The van der Waals surface area contributed by atoms with E-state index >= 15 is 0 Å². The summed E-state index contributed by atoms with van der Waals surface area (Å²) in [7, 11) is 0. The third-order valence-corrected chi connectivity index (χ3v) is 6.82. The van der Waals surface area contributed by atoms with Crippen molar-refractivity contribution in [1.29, 1.82) is 0 Å². The molecule has 4 atom stereocenters. The highest BCUT2D eigenvalue weighted by Gasteiger charge is 2.25. The van der Waals surface area contributed by atoms with E-state index in [-0.39, 0.29) is 26.1 Å². The lowest BCUT2D eigenvalue weighted by atomic mass is 10.0. The van der Waals surface area contributed by atoms with Crippen LogP contribution in [0.1, 0.15) is 24.8 Å². The molecule has 0 saturated heterocycles. The van der Waals surface area contributed by atoms with Crippen molar-refractivity contribution in [2.45, 2.75) is 50.6 Å². The monoisotopic (exact) mass is 500 g/mol. The summed E-state index contributed by atoms with van der Waals surface area (Å²) in [6.07, 6.45) is -3.54. The minimum Gasteiger partial charge on any atom is -0.491 e. The summed E-state index contributed by atoms with van der Waals surface area (Å²) in [6, 6.07) is 16.1. The van der Waals surface area contributed by atoms with Crippen LogP contribution in [-0.2, 0) is 9.53 Å². The number of aliphatic hydroxyl groups excluding tert-OH is 4.